The summed E-state index contributed by atoms with van der Waals surface area (Å²) in [5.41, 5.74) is 1.20. The molecule has 0 aliphatic carbocycles. The lowest BCUT2D eigenvalue weighted by molar-refractivity contribution is 0.146. The molecule has 0 radical (unpaired) electrons. The fraction of sp³-hybridized carbons (Fsp3) is 0.143. The zero-order chi connectivity index (χ0) is 18.6. The van der Waals surface area contributed by atoms with Crippen molar-refractivity contribution in [2.24, 2.45) is 5.16 Å². The summed E-state index contributed by atoms with van der Waals surface area (Å²) < 4.78 is 16.7. The minimum atomic E-state index is 0.407. The third kappa shape index (κ3) is 3.47. The summed E-state index contributed by atoms with van der Waals surface area (Å²) in [7, 11) is 1.62. The predicted octanol–water partition coefficient (Wildman–Crippen LogP) is 3.96. The molecule has 0 spiro atoms. The number of aromatic nitrogens is 1. The minimum absolute atomic E-state index is 0.407. The Bertz CT molecular complexity index is 1170. The van der Waals surface area contributed by atoms with Gasteiger partial charge in [0.2, 0.25) is 0 Å². The first-order valence-corrected chi connectivity index (χ1v) is 8.51. The molecule has 1 N–H and O–H groups in total. The van der Waals surface area contributed by atoms with Crippen LogP contribution in [0.4, 0.5) is 0 Å². The van der Waals surface area contributed by atoms with E-state index in [9.17, 15) is 5.21 Å². The average Bonchev–Trinajstić information content (AvgIpc) is 2.72. The Balaban J connectivity index is 1.81. The van der Waals surface area contributed by atoms with Gasteiger partial charge in [-0.15, -0.1) is 0 Å². The van der Waals surface area contributed by atoms with E-state index in [1.54, 1.807) is 37.6 Å². The number of pyridine rings is 1. The third-order valence-corrected chi connectivity index (χ3v) is 4.26. The molecule has 0 fully saturated rings. The summed E-state index contributed by atoms with van der Waals surface area (Å²) in [6, 6.07) is 16.9. The second-order valence-corrected chi connectivity index (χ2v) is 6.01. The highest BCUT2D eigenvalue weighted by molar-refractivity contribution is 5.85. The quantitative estimate of drug-likeness (QED) is 0.330. The van der Waals surface area contributed by atoms with E-state index in [1.165, 1.54) is 0 Å². The lowest BCUT2D eigenvalue weighted by Crippen LogP contribution is -2.06. The van der Waals surface area contributed by atoms with Gasteiger partial charge in [-0.25, -0.2) is 0 Å². The molecule has 0 unspecified atom stereocenters. The van der Waals surface area contributed by atoms with Crippen molar-refractivity contribution in [3.8, 4) is 17.2 Å². The van der Waals surface area contributed by atoms with Crippen LogP contribution >= 0.6 is 0 Å². The molecule has 0 atom stereocenters. The van der Waals surface area contributed by atoms with E-state index < -0.39 is 0 Å². The molecule has 4 aromatic rings. The standard InChI is InChI=1S/C21H18N2O4/c1-25-8-9-26-16-6-7-17-18(23-24)12-21(27-20(17)11-16)19-10-14-4-2-3-5-15(14)13-22-19/h2-7,10-13,24H,8-9H2,1H3/b23-18+. The van der Waals surface area contributed by atoms with Gasteiger partial charge in [0.25, 0.3) is 0 Å². The number of hydrogen-bond donors (Lipinski definition) is 1. The van der Waals surface area contributed by atoms with Crippen LogP contribution in [0.2, 0.25) is 0 Å². The van der Waals surface area contributed by atoms with Crippen LogP contribution < -0.4 is 10.1 Å². The van der Waals surface area contributed by atoms with Gasteiger partial charge in [0.1, 0.15) is 29.0 Å². The maximum atomic E-state index is 9.44. The Morgan fingerprint density at radius 2 is 1.89 bits per heavy atom. The Hall–Kier alpha value is -3.38. The van der Waals surface area contributed by atoms with Crippen LogP contribution in [0, 0.1) is 0 Å². The highest BCUT2D eigenvalue weighted by Crippen LogP contribution is 2.26. The Morgan fingerprint density at radius 1 is 1.04 bits per heavy atom. The van der Waals surface area contributed by atoms with Gasteiger partial charge < -0.3 is 19.1 Å². The minimum Gasteiger partial charge on any atom is -0.491 e. The van der Waals surface area contributed by atoms with E-state index in [2.05, 4.69) is 10.1 Å². The maximum Gasteiger partial charge on any atom is 0.155 e. The molecule has 2 heterocycles. The number of fused-ring (bicyclic) bond motifs is 2. The van der Waals surface area contributed by atoms with Crippen LogP contribution in [0.1, 0.15) is 0 Å². The molecular weight excluding hydrogens is 344 g/mol. The number of hydrogen-bond acceptors (Lipinski definition) is 6. The number of benzene rings is 2. The topological polar surface area (TPSA) is 77.1 Å². The van der Waals surface area contributed by atoms with Gasteiger partial charge in [0.05, 0.1) is 6.61 Å². The lowest BCUT2D eigenvalue weighted by atomic mass is 10.1. The van der Waals surface area contributed by atoms with Crippen molar-refractivity contribution in [3.05, 3.63) is 66.2 Å². The van der Waals surface area contributed by atoms with Crippen molar-refractivity contribution < 1.29 is 19.1 Å². The average molecular weight is 362 g/mol. The van der Waals surface area contributed by atoms with E-state index in [4.69, 9.17) is 13.9 Å². The molecule has 27 heavy (non-hydrogen) atoms. The van der Waals surface area contributed by atoms with Crippen molar-refractivity contribution in [2.75, 3.05) is 20.3 Å². The number of methoxy groups -OCH3 is 1. The Kier molecular flexibility index (Phi) is 4.72. The third-order valence-electron chi connectivity index (χ3n) is 4.26. The monoisotopic (exact) mass is 362 g/mol. The summed E-state index contributed by atoms with van der Waals surface area (Å²) >= 11 is 0. The summed E-state index contributed by atoms with van der Waals surface area (Å²) in [6.07, 6.45) is 1.80. The predicted molar refractivity (Wildman–Crippen MR) is 102 cm³/mol. The van der Waals surface area contributed by atoms with E-state index in [0.717, 1.165) is 10.8 Å². The molecule has 2 aromatic heterocycles. The zero-order valence-corrected chi connectivity index (χ0v) is 14.8. The molecule has 0 saturated heterocycles. The van der Waals surface area contributed by atoms with Gasteiger partial charge in [-0.2, -0.15) is 0 Å². The van der Waals surface area contributed by atoms with Gasteiger partial charge in [-0.3, -0.25) is 4.98 Å². The molecule has 0 bridgehead atoms. The molecule has 0 amide bonds. The number of ether oxygens (including phenoxy) is 2. The first kappa shape index (κ1) is 17.1. The molecule has 4 rings (SSSR count). The van der Waals surface area contributed by atoms with Crippen LogP contribution in [0.5, 0.6) is 5.75 Å². The molecule has 2 aromatic carbocycles. The van der Waals surface area contributed by atoms with Gasteiger partial charge in [-0.05, 0) is 23.6 Å². The normalized spacial score (nSPS) is 12.0. The first-order chi connectivity index (χ1) is 13.3. The fourth-order valence-corrected chi connectivity index (χ4v) is 2.91. The second kappa shape index (κ2) is 7.47. The second-order valence-electron chi connectivity index (χ2n) is 6.01. The van der Waals surface area contributed by atoms with Gasteiger partial charge in [0, 0.05) is 36.2 Å². The van der Waals surface area contributed by atoms with Crippen molar-refractivity contribution >= 4 is 21.7 Å². The van der Waals surface area contributed by atoms with Crippen LogP contribution in [0.15, 0.2) is 70.4 Å². The number of nitrogens with zero attached hydrogens (tertiary/aromatic N) is 2. The highest BCUT2D eigenvalue weighted by atomic mass is 16.5. The lowest BCUT2D eigenvalue weighted by Gasteiger charge is -2.08. The van der Waals surface area contributed by atoms with Crippen LogP contribution in [0.25, 0.3) is 33.2 Å². The van der Waals surface area contributed by atoms with Crippen molar-refractivity contribution in [1.82, 2.24) is 4.98 Å². The molecule has 6 heteroatoms. The summed E-state index contributed by atoms with van der Waals surface area (Å²) in [4.78, 5) is 4.48. The van der Waals surface area contributed by atoms with Crippen molar-refractivity contribution in [2.45, 2.75) is 0 Å². The zero-order valence-electron chi connectivity index (χ0n) is 14.8. The van der Waals surface area contributed by atoms with Crippen LogP contribution in [0.3, 0.4) is 0 Å². The summed E-state index contributed by atoms with van der Waals surface area (Å²) in [5.74, 6) is 1.16. The summed E-state index contributed by atoms with van der Waals surface area (Å²) in [6.45, 7) is 0.929. The maximum absolute atomic E-state index is 9.44. The molecule has 136 valence electrons. The number of rotatable bonds is 5. The first-order valence-electron chi connectivity index (χ1n) is 8.51. The summed E-state index contributed by atoms with van der Waals surface area (Å²) in [5, 5.41) is 16.0. The van der Waals surface area contributed by atoms with E-state index in [0.29, 0.717) is 46.7 Å². The van der Waals surface area contributed by atoms with Crippen LogP contribution in [-0.2, 0) is 4.74 Å². The molecule has 6 nitrogen and oxygen atoms in total. The van der Waals surface area contributed by atoms with E-state index in [-0.39, 0.29) is 0 Å². The smallest absolute Gasteiger partial charge is 0.155 e. The van der Waals surface area contributed by atoms with E-state index >= 15 is 0 Å². The Labute approximate surface area is 155 Å². The molecule has 0 saturated carbocycles. The van der Waals surface area contributed by atoms with Crippen molar-refractivity contribution in [1.29, 1.82) is 0 Å². The van der Waals surface area contributed by atoms with Gasteiger partial charge in [0.15, 0.2) is 5.76 Å². The largest absolute Gasteiger partial charge is 0.491 e. The molecule has 0 aliphatic heterocycles. The van der Waals surface area contributed by atoms with E-state index in [1.807, 2.05) is 30.3 Å². The van der Waals surface area contributed by atoms with Crippen LogP contribution in [-0.4, -0.2) is 30.5 Å². The fourth-order valence-electron chi connectivity index (χ4n) is 2.91. The SMILES string of the molecule is COCCOc1ccc2/c(=N/O)cc(-c3cc4ccccc4cn3)oc2c1. The molecular formula is C21H18N2O4. The van der Waals surface area contributed by atoms with Gasteiger partial charge in [-0.1, -0.05) is 29.4 Å². The van der Waals surface area contributed by atoms with Crippen molar-refractivity contribution in [3.63, 3.8) is 0 Å². The molecule has 0 aliphatic rings. The van der Waals surface area contributed by atoms with Gasteiger partial charge >= 0.3 is 0 Å². The Morgan fingerprint density at radius 3 is 2.70 bits per heavy atom. The highest BCUT2D eigenvalue weighted by Gasteiger charge is 2.09.